The lowest BCUT2D eigenvalue weighted by molar-refractivity contribution is -0.115. The minimum atomic E-state index is -0.174. The van der Waals surface area contributed by atoms with Crippen molar-refractivity contribution in [3.8, 4) is 0 Å². The average molecular weight is 311 g/mol. The molecule has 108 valence electrons. The van der Waals surface area contributed by atoms with Crippen molar-refractivity contribution >= 4 is 34.9 Å². The average Bonchev–Trinajstić information content (AvgIpc) is 3.04. The van der Waals surface area contributed by atoms with Crippen LogP contribution in [0.2, 0.25) is 0 Å². The van der Waals surface area contributed by atoms with Gasteiger partial charge in [0, 0.05) is 17.2 Å². The zero-order valence-electron chi connectivity index (χ0n) is 11.7. The topological polar surface area (TPSA) is 68.0 Å². The first-order chi connectivity index (χ1) is 9.58. The van der Waals surface area contributed by atoms with Gasteiger partial charge in [-0.05, 0) is 20.3 Å². The fourth-order valence-corrected chi connectivity index (χ4v) is 3.14. The summed E-state index contributed by atoms with van der Waals surface area (Å²) in [7, 11) is 0. The molecule has 0 bridgehead atoms. The van der Waals surface area contributed by atoms with E-state index in [1.807, 2.05) is 13.8 Å². The molecule has 0 aliphatic heterocycles. The van der Waals surface area contributed by atoms with Crippen molar-refractivity contribution < 1.29 is 9.32 Å². The first kappa shape index (κ1) is 15.1. The Morgan fingerprint density at radius 2 is 2.40 bits per heavy atom. The normalized spacial score (nSPS) is 12.3. The zero-order chi connectivity index (χ0) is 14.5. The molecule has 0 aliphatic rings. The van der Waals surface area contributed by atoms with Crippen molar-refractivity contribution in [2.24, 2.45) is 0 Å². The summed E-state index contributed by atoms with van der Waals surface area (Å²) >= 11 is 3.22. The zero-order valence-corrected chi connectivity index (χ0v) is 13.3. The highest BCUT2D eigenvalue weighted by Gasteiger charge is 2.16. The summed E-state index contributed by atoms with van der Waals surface area (Å²) in [6.45, 7) is 5.77. The third-order valence-corrected chi connectivity index (χ3v) is 4.85. The Morgan fingerprint density at radius 3 is 3.00 bits per heavy atom. The van der Waals surface area contributed by atoms with Crippen molar-refractivity contribution in [1.82, 2.24) is 10.1 Å². The first-order valence-corrected chi connectivity index (χ1v) is 8.30. The fraction of sp³-hybridized carbons (Fsp3) is 0.462. The van der Waals surface area contributed by atoms with E-state index < -0.39 is 0 Å². The number of nitrogens with one attached hydrogen (secondary N) is 1. The maximum Gasteiger partial charge on any atom is 0.239 e. The lowest BCUT2D eigenvalue weighted by Gasteiger charge is -2.08. The van der Waals surface area contributed by atoms with Crippen LogP contribution in [0.1, 0.15) is 30.2 Å². The van der Waals surface area contributed by atoms with Gasteiger partial charge in [-0.3, -0.25) is 10.1 Å². The summed E-state index contributed by atoms with van der Waals surface area (Å²) in [6, 6.07) is 1.70. The quantitative estimate of drug-likeness (QED) is 0.887. The molecule has 0 fully saturated rings. The van der Waals surface area contributed by atoms with Crippen LogP contribution in [0.25, 0.3) is 0 Å². The Bertz CT molecular complexity index is 580. The van der Waals surface area contributed by atoms with Crippen molar-refractivity contribution in [2.75, 3.05) is 5.32 Å². The molecule has 0 aromatic carbocycles. The minimum absolute atomic E-state index is 0.0860. The van der Waals surface area contributed by atoms with E-state index in [2.05, 4.69) is 27.8 Å². The second-order valence-electron chi connectivity index (χ2n) is 4.36. The van der Waals surface area contributed by atoms with Gasteiger partial charge in [0.05, 0.1) is 21.6 Å². The highest BCUT2D eigenvalue weighted by molar-refractivity contribution is 7.99. The minimum Gasteiger partial charge on any atom is -0.338 e. The highest BCUT2D eigenvalue weighted by atomic mass is 32.2. The van der Waals surface area contributed by atoms with Gasteiger partial charge in [0.25, 0.3) is 0 Å². The van der Waals surface area contributed by atoms with Gasteiger partial charge in [0.2, 0.25) is 11.8 Å². The van der Waals surface area contributed by atoms with Gasteiger partial charge in [-0.25, -0.2) is 4.98 Å². The van der Waals surface area contributed by atoms with E-state index in [9.17, 15) is 4.79 Å². The van der Waals surface area contributed by atoms with Crippen molar-refractivity contribution in [2.45, 2.75) is 38.2 Å². The number of anilines is 1. The van der Waals surface area contributed by atoms with Crippen LogP contribution >= 0.6 is 23.1 Å². The molecule has 1 amide bonds. The molecule has 2 rings (SSSR count). The molecule has 20 heavy (non-hydrogen) atoms. The van der Waals surface area contributed by atoms with Crippen LogP contribution in [0.4, 0.5) is 5.88 Å². The molecule has 2 aromatic rings. The highest BCUT2D eigenvalue weighted by Crippen LogP contribution is 2.21. The number of nitrogens with zero attached hydrogens (tertiary/aromatic N) is 2. The van der Waals surface area contributed by atoms with Crippen molar-refractivity contribution in [3.05, 3.63) is 27.8 Å². The number of carbonyl (C=O) groups is 1. The SMILES string of the molecule is CCc1nc(CS[C@H](C)C(=O)Nc2cc(C)no2)cs1. The van der Waals surface area contributed by atoms with E-state index in [-0.39, 0.29) is 11.2 Å². The number of thioether (sulfide) groups is 1. The molecule has 0 aliphatic carbocycles. The fourth-order valence-electron chi connectivity index (χ4n) is 1.51. The van der Waals surface area contributed by atoms with Crippen LogP contribution in [-0.2, 0) is 17.0 Å². The third kappa shape index (κ3) is 4.08. The van der Waals surface area contributed by atoms with Crippen LogP contribution < -0.4 is 5.32 Å². The Kier molecular flexibility index (Phi) is 5.19. The van der Waals surface area contributed by atoms with Crippen LogP contribution in [-0.4, -0.2) is 21.3 Å². The molecule has 1 N–H and O–H groups in total. The van der Waals surface area contributed by atoms with E-state index in [0.29, 0.717) is 5.88 Å². The standard InChI is InChI=1S/C13H17N3O2S2/c1-4-12-14-10(7-20-12)6-19-9(3)13(17)15-11-5-8(2)16-18-11/h5,7,9H,4,6H2,1-3H3,(H,15,17)/t9-/m1/s1. The molecule has 0 spiro atoms. The maximum absolute atomic E-state index is 12.0. The van der Waals surface area contributed by atoms with Crippen LogP contribution in [0, 0.1) is 6.92 Å². The number of aryl methyl sites for hydroxylation is 2. The molecule has 0 saturated heterocycles. The molecule has 5 nitrogen and oxygen atoms in total. The monoisotopic (exact) mass is 311 g/mol. The van der Waals surface area contributed by atoms with Gasteiger partial charge in [0.15, 0.2) is 0 Å². The number of amides is 1. The van der Waals surface area contributed by atoms with Crippen LogP contribution in [0.3, 0.4) is 0 Å². The van der Waals surface area contributed by atoms with E-state index >= 15 is 0 Å². The summed E-state index contributed by atoms with van der Waals surface area (Å²) in [5, 5.41) is 9.45. The lowest BCUT2D eigenvalue weighted by atomic mass is 10.4. The summed E-state index contributed by atoms with van der Waals surface area (Å²) in [5.74, 6) is 1.04. The first-order valence-electron chi connectivity index (χ1n) is 6.37. The van der Waals surface area contributed by atoms with E-state index in [1.165, 1.54) is 0 Å². The Morgan fingerprint density at radius 1 is 1.60 bits per heavy atom. The van der Waals surface area contributed by atoms with Crippen LogP contribution in [0.15, 0.2) is 16.0 Å². The summed E-state index contributed by atoms with van der Waals surface area (Å²) in [6.07, 6.45) is 0.955. The van der Waals surface area contributed by atoms with Gasteiger partial charge >= 0.3 is 0 Å². The number of hydrogen-bond donors (Lipinski definition) is 1. The molecule has 0 radical (unpaired) electrons. The largest absolute Gasteiger partial charge is 0.338 e. The van der Waals surface area contributed by atoms with E-state index in [0.717, 1.165) is 28.6 Å². The lowest BCUT2D eigenvalue weighted by Crippen LogP contribution is -2.22. The summed E-state index contributed by atoms with van der Waals surface area (Å²) in [4.78, 5) is 16.5. The predicted octanol–water partition coefficient (Wildman–Crippen LogP) is 3.26. The molecule has 7 heteroatoms. The predicted molar refractivity (Wildman–Crippen MR) is 82.1 cm³/mol. The second kappa shape index (κ2) is 6.90. The number of rotatable bonds is 6. The van der Waals surface area contributed by atoms with Gasteiger partial charge in [-0.1, -0.05) is 12.1 Å². The third-order valence-electron chi connectivity index (χ3n) is 2.63. The van der Waals surface area contributed by atoms with Crippen molar-refractivity contribution in [1.29, 1.82) is 0 Å². The Labute approximate surface area is 126 Å². The van der Waals surface area contributed by atoms with Crippen LogP contribution in [0.5, 0.6) is 0 Å². The number of thiazole rings is 1. The molecule has 2 heterocycles. The molecule has 2 aromatic heterocycles. The van der Waals surface area contributed by atoms with Crippen molar-refractivity contribution in [3.63, 3.8) is 0 Å². The molecule has 0 unspecified atom stereocenters. The number of aromatic nitrogens is 2. The second-order valence-corrected chi connectivity index (χ2v) is 6.63. The summed E-state index contributed by atoms with van der Waals surface area (Å²) < 4.78 is 4.96. The molecular weight excluding hydrogens is 294 g/mol. The maximum atomic E-state index is 12.0. The number of hydrogen-bond acceptors (Lipinski definition) is 6. The molecule has 0 saturated carbocycles. The van der Waals surface area contributed by atoms with Gasteiger partial charge < -0.3 is 4.52 Å². The Balaban J connectivity index is 1.81. The van der Waals surface area contributed by atoms with E-state index in [4.69, 9.17) is 4.52 Å². The van der Waals surface area contributed by atoms with Gasteiger partial charge in [0.1, 0.15) is 0 Å². The Hall–Kier alpha value is -1.34. The molecule has 1 atom stereocenters. The number of carbonyl (C=O) groups excluding carboxylic acids is 1. The molecular formula is C13H17N3O2S2. The smallest absolute Gasteiger partial charge is 0.239 e. The van der Waals surface area contributed by atoms with Gasteiger partial charge in [-0.15, -0.1) is 23.1 Å². The summed E-state index contributed by atoms with van der Waals surface area (Å²) in [5.41, 5.74) is 1.78. The van der Waals surface area contributed by atoms with E-state index in [1.54, 1.807) is 29.2 Å². The van der Waals surface area contributed by atoms with Gasteiger partial charge in [-0.2, -0.15) is 0 Å².